The van der Waals surface area contributed by atoms with Crippen LogP contribution in [0, 0.1) is 9.39 Å². The molecule has 2 aromatic carbocycles. The molecule has 21 heavy (non-hydrogen) atoms. The van der Waals surface area contributed by atoms with E-state index in [1.807, 2.05) is 0 Å². The molecule has 0 N–H and O–H groups in total. The van der Waals surface area contributed by atoms with Crippen LogP contribution in [0.25, 0.3) is 0 Å². The Bertz CT molecular complexity index is 662. The van der Waals surface area contributed by atoms with Gasteiger partial charge in [-0.2, -0.15) is 13.2 Å². The summed E-state index contributed by atoms with van der Waals surface area (Å²) >= 11 is 2.08. The number of hydrogen-bond donors (Lipinski definition) is 0. The minimum absolute atomic E-state index is 0.205. The maximum atomic E-state index is 13.2. The molecular weight excluding hydrogens is 399 g/mol. The summed E-state index contributed by atoms with van der Waals surface area (Å²) in [7, 11) is 0. The third kappa shape index (κ3) is 4.03. The summed E-state index contributed by atoms with van der Waals surface area (Å²) in [6, 6.07) is 8.75. The van der Waals surface area contributed by atoms with E-state index in [-0.39, 0.29) is 6.42 Å². The van der Waals surface area contributed by atoms with E-state index in [9.17, 15) is 22.4 Å². The molecule has 0 fully saturated rings. The third-order valence-electron chi connectivity index (χ3n) is 2.87. The van der Waals surface area contributed by atoms with Crippen LogP contribution in [0.5, 0.6) is 0 Å². The van der Waals surface area contributed by atoms with Crippen LogP contribution in [-0.4, -0.2) is 5.78 Å². The molecule has 0 aromatic heterocycles. The van der Waals surface area contributed by atoms with Gasteiger partial charge in [-0.25, -0.2) is 4.39 Å². The van der Waals surface area contributed by atoms with Crippen LogP contribution < -0.4 is 0 Å². The van der Waals surface area contributed by atoms with E-state index in [0.29, 0.717) is 23.8 Å². The minimum Gasteiger partial charge on any atom is -0.294 e. The number of ketones is 1. The van der Waals surface area contributed by atoms with Gasteiger partial charge in [0.2, 0.25) is 0 Å². The van der Waals surface area contributed by atoms with E-state index in [2.05, 4.69) is 22.6 Å². The molecule has 0 radical (unpaired) electrons. The second kappa shape index (κ2) is 6.13. The Balaban J connectivity index is 2.34. The first-order chi connectivity index (χ1) is 9.77. The predicted molar refractivity (Wildman–Crippen MR) is 78.6 cm³/mol. The Hall–Kier alpha value is -1.44. The maximum absolute atomic E-state index is 13.2. The normalized spacial score (nSPS) is 11.5. The van der Waals surface area contributed by atoms with Gasteiger partial charge in [0.15, 0.2) is 5.78 Å². The van der Waals surface area contributed by atoms with Crippen molar-refractivity contribution in [3.8, 4) is 0 Å². The molecule has 0 bridgehead atoms. The lowest BCUT2D eigenvalue weighted by atomic mass is 9.98. The van der Waals surface area contributed by atoms with Gasteiger partial charge in [-0.05, 0) is 58.5 Å². The van der Waals surface area contributed by atoms with Gasteiger partial charge in [0, 0.05) is 15.6 Å². The smallest absolute Gasteiger partial charge is 0.294 e. The molecule has 0 aliphatic rings. The van der Waals surface area contributed by atoms with Crippen molar-refractivity contribution in [2.45, 2.75) is 12.6 Å². The Morgan fingerprint density at radius 2 is 1.67 bits per heavy atom. The van der Waals surface area contributed by atoms with Crippen molar-refractivity contribution in [3.05, 3.63) is 68.5 Å². The molecule has 0 aliphatic carbocycles. The summed E-state index contributed by atoms with van der Waals surface area (Å²) in [5.74, 6) is -1.63. The van der Waals surface area contributed by atoms with E-state index < -0.39 is 28.9 Å². The average molecular weight is 408 g/mol. The van der Waals surface area contributed by atoms with Gasteiger partial charge in [-0.15, -0.1) is 0 Å². The topological polar surface area (TPSA) is 17.1 Å². The van der Waals surface area contributed by atoms with Gasteiger partial charge >= 0.3 is 6.18 Å². The Morgan fingerprint density at radius 1 is 1.05 bits per heavy atom. The second-order valence-electron chi connectivity index (χ2n) is 4.41. The van der Waals surface area contributed by atoms with Gasteiger partial charge in [-0.3, -0.25) is 4.79 Å². The molecule has 0 unspecified atom stereocenters. The number of carbonyl (C=O) groups is 1. The fraction of sp³-hybridized carbons (Fsp3) is 0.133. The van der Waals surface area contributed by atoms with Crippen molar-refractivity contribution in [1.82, 2.24) is 0 Å². The van der Waals surface area contributed by atoms with Gasteiger partial charge < -0.3 is 0 Å². The van der Waals surface area contributed by atoms with Crippen LogP contribution >= 0.6 is 22.6 Å². The van der Waals surface area contributed by atoms with Gasteiger partial charge in [0.1, 0.15) is 5.82 Å². The zero-order valence-corrected chi connectivity index (χ0v) is 12.7. The molecule has 0 spiro atoms. The highest BCUT2D eigenvalue weighted by Gasteiger charge is 2.35. The SMILES string of the molecule is O=C(Cc1ccc(I)cc1)c1cc(F)ccc1C(F)(F)F. The van der Waals surface area contributed by atoms with Crippen molar-refractivity contribution in [1.29, 1.82) is 0 Å². The summed E-state index contributed by atoms with van der Waals surface area (Å²) in [4.78, 5) is 12.1. The van der Waals surface area contributed by atoms with Gasteiger partial charge in [-0.1, -0.05) is 12.1 Å². The zero-order chi connectivity index (χ0) is 15.6. The summed E-state index contributed by atoms with van der Waals surface area (Å²) < 4.78 is 52.7. The zero-order valence-electron chi connectivity index (χ0n) is 10.5. The number of Topliss-reactive ketones (excluding diaryl/α,β-unsaturated/α-hetero) is 1. The van der Waals surface area contributed by atoms with Crippen LogP contribution in [0.4, 0.5) is 17.6 Å². The lowest BCUT2D eigenvalue weighted by Gasteiger charge is -2.12. The number of hydrogen-bond acceptors (Lipinski definition) is 1. The fourth-order valence-electron chi connectivity index (χ4n) is 1.88. The maximum Gasteiger partial charge on any atom is 0.417 e. The van der Waals surface area contributed by atoms with E-state index in [4.69, 9.17) is 0 Å². The summed E-state index contributed by atoms with van der Waals surface area (Å²) in [5.41, 5.74) is -1.17. The number of benzene rings is 2. The highest BCUT2D eigenvalue weighted by Crippen LogP contribution is 2.33. The van der Waals surface area contributed by atoms with E-state index in [0.717, 1.165) is 3.57 Å². The number of rotatable bonds is 3. The van der Waals surface area contributed by atoms with Crippen LogP contribution in [0.3, 0.4) is 0 Å². The van der Waals surface area contributed by atoms with E-state index in [1.165, 1.54) is 0 Å². The van der Waals surface area contributed by atoms with Crippen molar-refractivity contribution in [3.63, 3.8) is 0 Å². The fourth-order valence-corrected chi connectivity index (χ4v) is 2.24. The van der Waals surface area contributed by atoms with Crippen molar-refractivity contribution in [2.24, 2.45) is 0 Å². The largest absolute Gasteiger partial charge is 0.417 e. The summed E-state index contributed by atoms with van der Waals surface area (Å²) in [6.45, 7) is 0. The molecule has 0 heterocycles. The van der Waals surface area contributed by atoms with Gasteiger partial charge in [0.25, 0.3) is 0 Å². The Morgan fingerprint density at radius 3 is 2.24 bits per heavy atom. The van der Waals surface area contributed by atoms with Crippen LogP contribution in [0.1, 0.15) is 21.5 Å². The molecule has 6 heteroatoms. The number of halogens is 5. The van der Waals surface area contributed by atoms with Crippen LogP contribution in [-0.2, 0) is 12.6 Å². The average Bonchev–Trinajstić information content (AvgIpc) is 2.40. The molecule has 0 amide bonds. The van der Waals surface area contributed by atoms with Crippen LogP contribution in [0.15, 0.2) is 42.5 Å². The minimum atomic E-state index is -4.69. The van der Waals surface area contributed by atoms with Crippen molar-refractivity contribution < 1.29 is 22.4 Å². The van der Waals surface area contributed by atoms with Crippen LogP contribution in [0.2, 0.25) is 0 Å². The number of alkyl halides is 3. The lowest BCUT2D eigenvalue weighted by Crippen LogP contribution is -2.15. The molecule has 0 aliphatic heterocycles. The van der Waals surface area contributed by atoms with E-state index >= 15 is 0 Å². The van der Waals surface area contributed by atoms with E-state index in [1.54, 1.807) is 24.3 Å². The Kier molecular flexibility index (Phi) is 4.65. The number of carbonyl (C=O) groups excluding carboxylic acids is 1. The monoisotopic (exact) mass is 408 g/mol. The first-order valence-corrected chi connectivity index (χ1v) is 6.99. The standard InChI is InChI=1S/C15H9F4IO/c16-10-3-6-13(15(17,18)19)12(8-10)14(21)7-9-1-4-11(20)5-2-9/h1-6,8H,7H2. The molecule has 0 atom stereocenters. The van der Waals surface area contributed by atoms with Gasteiger partial charge in [0.05, 0.1) is 5.56 Å². The quantitative estimate of drug-likeness (QED) is 0.402. The lowest BCUT2D eigenvalue weighted by molar-refractivity contribution is -0.137. The molecular formula is C15H9F4IO. The Labute approximate surface area is 132 Å². The molecule has 1 nitrogen and oxygen atoms in total. The third-order valence-corrected chi connectivity index (χ3v) is 3.58. The molecule has 0 saturated heterocycles. The first-order valence-electron chi connectivity index (χ1n) is 5.92. The first kappa shape index (κ1) is 15.9. The summed E-state index contributed by atoms with van der Waals surface area (Å²) in [6.07, 6.45) is -4.89. The highest BCUT2D eigenvalue weighted by atomic mass is 127. The summed E-state index contributed by atoms with van der Waals surface area (Å²) in [5, 5.41) is 0. The second-order valence-corrected chi connectivity index (χ2v) is 5.66. The highest BCUT2D eigenvalue weighted by molar-refractivity contribution is 14.1. The van der Waals surface area contributed by atoms with Crippen molar-refractivity contribution in [2.75, 3.05) is 0 Å². The predicted octanol–water partition coefficient (Wildman–Crippen LogP) is 4.87. The molecule has 2 rings (SSSR count). The molecule has 110 valence electrons. The molecule has 2 aromatic rings. The van der Waals surface area contributed by atoms with Crippen molar-refractivity contribution >= 4 is 28.4 Å². The molecule has 0 saturated carbocycles.